The second-order valence-electron chi connectivity index (χ2n) is 7.08. The minimum Gasteiger partial charge on any atom is -0.488 e. The molecular formula is C25H15BrClN3O4S. The first kappa shape index (κ1) is 24.5. The molecule has 0 atom stereocenters. The summed E-state index contributed by atoms with van der Waals surface area (Å²) in [5.41, 5.74) is 2.82. The smallest absolute Gasteiger partial charge is 0.342 e. The Morgan fingerprint density at radius 3 is 2.54 bits per heavy atom. The number of aliphatic carboxylic acids is 1. The first-order chi connectivity index (χ1) is 16.9. The molecule has 0 saturated carbocycles. The maximum absolute atomic E-state index is 11.8. The molecule has 0 spiro atoms. The van der Waals surface area contributed by atoms with Gasteiger partial charge in [-0.2, -0.15) is 5.26 Å². The van der Waals surface area contributed by atoms with Gasteiger partial charge in [-0.25, -0.2) is 4.79 Å². The number of rotatable bonds is 8. The van der Waals surface area contributed by atoms with Gasteiger partial charge in [0.15, 0.2) is 0 Å². The van der Waals surface area contributed by atoms with Crippen LogP contribution in [0, 0.1) is 11.3 Å². The summed E-state index contributed by atoms with van der Waals surface area (Å²) in [5, 5.41) is 27.2. The second-order valence-corrected chi connectivity index (χ2v) is 9.37. The Bertz CT molecular complexity index is 1430. The van der Waals surface area contributed by atoms with Gasteiger partial charge in [0.25, 0.3) is 5.22 Å². The van der Waals surface area contributed by atoms with E-state index in [1.165, 1.54) is 6.08 Å². The van der Waals surface area contributed by atoms with Crippen LogP contribution in [0.2, 0.25) is 5.02 Å². The van der Waals surface area contributed by atoms with Gasteiger partial charge in [0.1, 0.15) is 17.3 Å². The molecule has 0 fully saturated rings. The third-order valence-corrected chi connectivity index (χ3v) is 6.36. The van der Waals surface area contributed by atoms with Gasteiger partial charge >= 0.3 is 5.97 Å². The largest absolute Gasteiger partial charge is 0.488 e. The molecule has 0 radical (unpaired) electrons. The first-order valence-electron chi connectivity index (χ1n) is 10.0. The number of nitriles is 1. The summed E-state index contributed by atoms with van der Waals surface area (Å²) < 4.78 is 12.1. The number of hydrogen-bond donors (Lipinski definition) is 1. The van der Waals surface area contributed by atoms with Gasteiger partial charge in [-0.05, 0) is 93.4 Å². The number of hydrogen-bond acceptors (Lipinski definition) is 7. The maximum Gasteiger partial charge on any atom is 0.342 e. The zero-order valence-corrected chi connectivity index (χ0v) is 21.0. The van der Waals surface area contributed by atoms with Crippen molar-refractivity contribution in [1.82, 2.24) is 10.2 Å². The van der Waals surface area contributed by atoms with E-state index >= 15 is 0 Å². The zero-order valence-electron chi connectivity index (χ0n) is 17.8. The average Bonchev–Trinajstić information content (AvgIpc) is 3.32. The fourth-order valence-corrected chi connectivity index (χ4v) is 4.21. The molecule has 4 aromatic rings. The lowest BCUT2D eigenvalue weighted by Gasteiger charge is -2.09. The quantitative estimate of drug-likeness (QED) is 0.182. The number of carboxylic acids is 1. The summed E-state index contributed by atoms with van der Waals surface area (Å²) in [6.07, 6.45) is 1.51. The number of nitrogens with zero attached hydrogens (tertiary/aromatic N) is 3. The minimum absolute atomic E-state index is 0.00876. The lowest BCUT2D eigenvalue weighted by atomic mass is 10.1. The van der Waals surface area contributed by atoms with Crippen LogP contribution in [0.5, 0.6) is 5.75 Å². The van der Waals surface area contributed by atoms with Crippen molar-refractivity contribution in [3.05, 3.63) is 97.8 Å². The molecule has 1 heterocycles. The van der Waals surface area contributed by atoms with E-state index in [1.807, 2.05) is 12.1 Å². The molecule has 0 aliphatic rings. The maximum atomic E-state index is 11.8. The van der Waals surface area contributed by atoms with E-state index in [2.05, 4.69) is 32.2 Å². The van der Waals surface area contributed by atoms with Crippen molar-refractivity contribution in [3.63, 3.8) is 0 Å². The number of aromatic nitrogens is 2. The number of thioether (sulfide) groups is 1. The van der Waals surface area contributed by atoms with Crippen LogP contribution in [-0.4, -0.2) is 21.3 Å². The van der Waals surface area contributed by atoms with E-state index in [0.29, 0.717) is 38.5 Å². The van der Waals surface area contributed by atoms with E-state index in [-0.39, 0.29) is 16.0 Å². The molecule has 0 saturated heterocycles. The molecule has 174 valence electrons. The summed E-state index contributed by atoms with van der Waals surface area (Å²) in [5.74, 6) is -0.264. The van der Waals surface area contributed by atoms with E-state index in [1.54, 1.807) is 54.6 Å². The molecule has 0 unspecified atom stereocenters. The monoisotopic (exact) mass is 567 g/mol. The van der Waals surface area contributed by atoms with E-state index in [4.69, 9.17) is 26.0 Å². The third kappa shape index (κ3) is 6.51. The molecule has 0 amide bonds. The SMILES string of the molecule is N#Cc1ccc(COc2ccc(/C=C(\Sc3nnc(-c4ccc(Cl)cc4)o3)C(=O)O)cc2Br)cc1. The van der Waals surface area contributed by atoms with Gasteiger partial charge in [-0.1, -0.05) is 29.8 Å². The summed E-state index contributed by atoms with van der Waals surface area (Å²) in [6, 6.07) is 21.3. The highest BCUT2D eigenvalue weighted by molar-refractivity contribution is 9.10. The van der Waals surface area contributed by atoms with Crippen LogP contribution in [0.3, 0.4) is 0 Å². The Kier molecular flexibility index (Phi) is 7.87. The molecule has 4 rings (SSSR count). The van der Waals surface area contributed by atoms with E-state index in [0.717, 1.165) is 17.3 Å². The lowest BCUT2D eigenvalue weighted by molar-refractivity contribution is -0.131. The Balaban J connectivity index is 1.46. The standard InChI is InChI=1S/C25H15BrClN3O4S/c26-20-11-17(5-10-21(20)33-14-16-3-1-15(13-28)2-4-16)12-22(24(31)32)35-25-30-29-23(34-25)18-6-8-19(27)9-7-18/h1-12H,14H2,(H,31,32)/b22-12-. The Morgan fingerprint density at radius 2 is 1.89 bits per heavy atom. The molecule has 1 aromatic heterocycles. The molecule has 1 N–H and O–H groups in total. The number of benzene rings is 3. The van der Waals surface area contributed by atoms with Crippen LogP contribution in [0.25, 0.3) is 17.5 Å². The van der Waals surface area contributed by atoms with Crippen LogP contribution in [-0.2, 0) is 11.4 Å². The molecular weight excluding hydrogens is 554 g/mol. The van der Waals surface area contributed by atoms with Crippen molar-refractivity contribution >= 4 is 51.3 Å². The molecule has 7 nitrogen and oxygen atoms in total. The first-order valence-corrected chi connectivity index (χ1v) is 12.0. The fraction of sp³-hybridized carbons (Fsp3) is 0.0400. The van der Waals surface area contributed by atoms with Crippen LogP contribution in [0.1, 0.15) is 16.7 Å². The highest BCUT2D eigenvalue weighted by Crippen LogP contribution is 2.32. The van der Waals surface area contributed by atoms with Gasteiger partial charge in [-0.15, -0.1) is 10.2 Å². The Morgan fingerprint density at radius 1 is 1.14 bits per heavy atom. The van der Waals surface area contributed by atoms with Crippen LogP contribution < -0.4 is 4.74 Å². The van der Waals surface area contributed by atoms with E-state index < -0.39 is 5.97 Å². The Labute approximate surface area is 218 Å². The number of ether oxygens (including phenoxy) is 1. The van der Waals surface area contributed by atoms with Crippen molar-refractivity contribution in [3.8, 4) is 23.3 Å². The molecule has 10 heteroatoms. The van der Waals surface area contributed by atoms with Crippen molar-refractivity contribution in [2.24, 2.45) is 0 Å². The lowest BCUT2D eigenvalue weighted by Crippen LogP contribution is -1.98. The molecule has 0 bridgehead atoms. The zero-order chi connectivity index (χ0) is 24.8. The topological polar surface area (TPSA) is 109 Å². The van der Waals surface area contributed by atoms with Gasteiger partial charge in [-0.3, -0.25) is 0 Å². The van der Waals surface area contributed by atoms with Gasteiger partial charge in [0.2, 0.25) is 5.89 Å². The van der Waals surface area contributed by atoms with E-state index in [9.17, 15) is 9.90 Å². The summed E-state index contributed by atoms with van der Waals surface area (Å²) in [4.78, 5) is 11.8. The van der Waals surface area contributed by atoms with Crippen LogP contribution in [0.15, 0.2) is 85.7 Å². The minimum atomic E-state index is -1.13. The van der Waals surface area contributed by atoms with Crippen LogP contribution >= 0.6 is 39.3 Å². The molecule has 0 aliphatic heterocycles. The Hall–Kier alpha value is -3.58. The summed E-state index contributed by atoms with van der Waals surface area (Å²) in [6.45, 7) is 0.322. The normalized spacial score (nSPS) is 11.2. The third-order valence-electron chi connectivity index (χ3n) is 4.64. The van der Waals surface area contributed by atoms with Crippen molar-refractivity contribution in [2.45, 2.75) is 11.8 Å². The van der Waals surface area contributed by atoms with Crippen molar-refractivity contribution < 1.29 is 19.1 Å². The molecule has 3 aromatic carbocycles. The highest BCUT2D eigenvalue weighted by Gasteiger charge is 2.16. The van der Waals surface area contributed by atoms with Crippen LogP contribution in [0.4, 0.5) is 0 Å². The number of carbonyl (C=O) groups is 1. The predicted octanol–water partition coefficient (Wildman–Crippen LogP) is 6.82. The average molecular weight is 569 g/mol. The summed E-state index contributed by atoms with van der Waals surface area (Å²) in [7, 11) is 0. The van der Waals surface area contributed by atoms with Gasteiger partial charge in [0, 0.05) is 10.6 Å². The van der Waals surface area contributed by atoms with Gasteiger partial charge < -0.3 is 14.3 Å². The molecule has 35 heavy (non-hydrogen) atoms. The molecule has 0 aliphatic carbocycles. The fourth-order valence-electron chi connectivity index (χ4n) is 2.90. The second kappa shape index (κ2) is 11.2. The summed E-state index contributed by atoms with van der Waals surface area (Å²) >= 11 is 10.2. The highest BCUT2D eigenvalue weighted by atomic mass is 79.9. The predicted molar refractivity (Wildman–Crippen MR) is 136 cm³/mol. The van der Waals surface area contributed by atoms with Crippen molar-refractivity contribution in [1.29, 1.82) is 5.26 Å². The van der Waals surface area contributed by atoms with Gasteiger partial charge in [0.05, 0.1) is 16.1 Å². The number of halogens is 2. The number of carboxylic acid groups (broad SMARTS) is 1. The van der Waals surface area contributed by atoms with Crippen molar-refractivity contribution in [2.75, 3.05) is 0 Å².